The van der Waals surface area contributed by atoms with E-state index in [1.54, 1.807) is 0 Å². The predicted octanol–water partition coefficient (Wildman–Crippen LogP) is 3.58. The van der Waals surface area contributed by atoms with Crippen molar-refractivity contribution >= 4 is 0 Å². The zero-order valence-electron chi connectivity index (χ0n) is 14.2. The molecule has 3 nitrogen and oxygen atoms in total. The summed E-state index contributed by atoms with van der Waals surface area (Å²) in [5.41, 5.74) is -0.189. The van der Waals surface area contributed by atoms with Crippen molar-refractivity contribution in [2.24, 2.45) is 17.3 Å². The summed E-state index contributed by atoms with van der Waals surface area (Å²) in [6.07, 6.45) is 6.13. The van der Waals surface area contributed by atoms with Crippen LogP contribution in [0.5, 0.6) is 0 Å². The summed E-state index contributed by atoms with van der Waals surface area (Å²) in [6.45, 7) is 10.9. The van der Waals surface area contributed by atoms with Gasteiger partial charge in [0.05, 0.1) is 17.6 Å². The van der Waals surface area contributed by atoms with Gasteiger partial charge in [0, 0.05) is 12.6 Å². The second-order valence-corrected chi connectivity index (χ2v) is 8.57. The van der Waals surface area contributed by atoms with Crippen LogP contribution in [-0.2, 0) is 0 Å². The van der Waals surface area contributed by atoms with Gasteiger partial charge in [-0.15, -0.1) is 0 Å². The minimum Gasteiger partial charge on any atom is -0.390 e. The van der Waals surface area contributed by atoms with Crippen LogP contribution >= 0.6 is 0 Å². The Hall–Kier alpha value is -0.590. The zero-order chi connectivity index (χ0) is 15.7. The fourth-order valence-electron chi connectivity index (χ4n) is 4.10. The van der Waals surface area contributed by atoms with E-state index in [2.05, 4.69) is 31.7 Å². The molecule has 1 saturated carbocycles. The number of hydrogen-bond donors (Lipinski definition) is 1. The summed E-state index contributed by atoms with van der Waals surface area (Å²) in [4.78, 5) is 2.51. The molecule has 0 bridgehead atoms. The van der Waals surface area contributed by atoms with E-state index >= 15 is 0 Å². The molecule has 0 aromatic rings. The third-order valence-electron chi connectivity index (χ3n) is 5.77. The summed E-state index contributed by atoms with van der Waals surface area (Å²) >= 11 is 0. The molecule has 21 heavy (non-hydrogen) atoms. The highest BCUT2D eigenvalue weighted by atomic mass is 16.3. The minimum atomic E-state index is -0.519. The van der Waals surface area contributed by atoms with Gasteiger partial charge in [0.1, 0.15) is 0 Å². The number of hydrogen-bond acceptors (Lipinski definition) is 3. The molecular formula is C18H32N2O. The lowest BCUT2D eigenvalue weighted by atomic mass is 9.67. The van der Waals surface area contributed by atoms with E-state index in [4.69, 9.17) is 0 Å². The SMILES string of the molecule is CC1(O)CCCN(C2CC(C(C)(C)C)CCC2C#N)CC1. The number of rotatable bonds is 1. The Balaban J connectivity index is 2.09. The summed E-state index contributed by atoms with van der Waals surface area (Å²) < 4.78 is 0. The fraction of sp³-hybridized carbons (Fsp3) is 0.944. The van der Waals surface area contributed by atoms with Gasteiger partial charge in [-0.1, -0.05) is 20.8 Å². The van der Waals surface area contributed by atoms with Crippen LogP contribution in [0.2, 0.25) is 0 Å². The standard InChI is InChI=1S/C18H32N2O/c1-17(2,3)15-7-6-14(13-19)16(12-15)20-10-5-8-18(4,21)9-11-20/h14-16,21H,5-12H2,1-4H3. The molecule has 4 atom stereocenters. The first-order chi connectivity index (χ1) is 9.73. The van der Waals surface area contributed by atoms with Crippen molar-refractivity contribution in [1.29, 1.82) is 5.26 Å². The topological polar surface area (TPSA) is 47.3 Å². The van der Waals surface area contributed by atoms with Gasteiger partial charge in [0.15, 0.2) is 0 Å². The Kier molecular flexibility index (Phi) is 5.00. The molecule has 0 spiro atoms. The molecule has 1 aliphatic carbocycles. The molecule has 0 aromatic carbocycles. The van der Waals surface area contributed by atoms with Crippen molar-refractivity contribution < 1.29 is 5.11 Å². The van der Waals surface area contributed by atoms with Crippen LogP contribution in [0, 0.1) is 28.6 Å². The van der Waals surface area contributed by atoms with Gasteiger partial charge in [-0.25, -0.2) is 0 Å². The summed E-state index contributed by atoms with van der Waals surface area (Å²) in [7, 11) is 0. The second kappa shape index (κ2) is 6.26. The van der Waals surface area contributed by atoms with Gasteiger partial charge in [-0.05, 0) is 63.3 Å². The van der Waals surface area contributed by atoms with Crippen molar-refractivity contribution in [3.63, 3.8) is 0 Å². The van der Waals surface area contributed by atoms with E-state index in [1.807, 2.05) is 6.92 Å². The van der Waals surface area contributed by atoms with Crippen LogP contribution in [0.3, 0.4) is 0 Å². The zero-order valence-corrected chi connectivity index (χ0v) is 14.2. The van der Waals surface area contributed by atoms with Crippen LogP contribution in [0.1, 0.15) is 66.2 Å². The molecule has 1 N–H and O–H groups in total. The predicted molar refractivity (Wildman–Crippen MR) is 85.7 cm³/mol. The third-order valence-corrected chi connectivity index (χ3v) is 5.77. The second-order valence-electron chi connectivity index (χ2n) is 8.57. The van der Waals surface area contributed by atoms with Crippen LogP contribution < -0.4 is 0 Å². The van der Waals surface area contributed by atoms with E-state index in [0.717, 1.165) is 45.2 Å². The van der Waals surface area contributed by atoms with E-state index in [1.165, 1.54) is 6.42 Å². The van der Waals surface area contributed by atoms with Gasteiger partial charge in [0.25, 0.3) is 0 Å². The van der Waals surface area contributed by atoms with Gasteiger partial charge in [0.2, 0.25) is 0 Å². The Morgan fingerprint density at radius 1 is 1.19 bits per heavy atom. The van der Waals surface area contributed by atoms with E-state index < -0.39 is 5.60 Å². The van der Waals surface area contributed by atoms with Crippen molar-refractivity contribution in [2.45, 2.75) is 77.9 Å². The molecule has 1 saturated heterocycles. The summed E-state index contributed by atoms with van der Waals surface area (Å²) in [6, 6.07) is 2.95. The fourth-order valence-corrected chi connectivity index (χ4v) is 4.10. The molecule has 3 heteroatoms. The first-order valence-corrected chi connectivity index (χ1v) is 8.59. The molecule has 1 aliphatic heterocycles. The molecule has 120 valence electrons. The maximum Gasteiger partial charge on any atom is 0.0672 e. The third kappa shape index (κ3) is 4.20. The smallest absolute Gasteiger partial charge is 0.0672 e. The Morgan fingerprint density at radius 2 is 1.90 bits per heavy atom. The molecule has 2 rings (SSSR count). The lowest BCUT2D eigenvalue weighted by Gasteiger charge is -2.44. The monoisotopic (exact) mass is 292 g/mol. The van der Waals surface area contributed by atoms with Gasteiger partial charge < -0.3 is 5.11 Å². The highest BCUT2D eigenvalue weighted by Gasteiger charge is 2.39. The van der Waals surface area contributed by atoms with Gasteiger partial charge in [-0.2, -0.15) is 5.26 Å². The van der Waals surface area contributed by atoms with Crippen molar-refractivity contribution in [3.8, 4) is 6.07 Å². The summed E-state index contributed by atoms with van der Waals surface area (Å²) in [5.74, 6) is 0.877. The van der Waals surface area contributed by atoms with Crippen LogP contribution in [0.4, 0.5) is 0 Å². The molecular weight excluding hydrogens is 260 g/mol. The summed E-state index contributed by atoms with van der Waals surface area (Å²) in [5, 5.41) is 19.8. The van der Waals surface area contributed by atoms with Crippen LogP contribution in [0.25, 0.3) is 0 Å². The van der Waals surface area contributed by atoms with E-state index in [0.29, 0.717) is 17.4 Å². The maximum atomic E-state index is 10.3. The first-order valence-electron chi connectivity index (χ1n) is 8.59. The molecule has 0 amide bonds. The van der Waals surface area contributed by atoms with Crippen molar-refractivity contribution in [3.05, 3.63) is 0 Å². The van der Waals surface area contributed by atoms with Gasteiger partial charge >= 0.3 is 0 Å². The Bertz CT molecular complexity index is 391. The molecule has 0 radical (unpaired) electrons. The van der Waals surface area contributed by atoms with E-state index in [-0.39, 0.29) is 5.92 Å². The maximum absolute atomic E-state index is 10.3. The first kappa shape index (κ1) is 16.8. The molecule has 0 aromatic heterocycles. The number of likely N-dealkylation sites (tertiary alicyclic amines) is 1. The van der Waals surface area contributed by atoms with Crippen molar-refractivity contribution in [1.82, 2.24) is 4.90 Å². The number of aliphatic hydroxyl groups is 1. The highest BCUT2D eigenvalue weighted by molar-refractivity contribution is 5.00. The highest BCUT2D eigenvalue weighted by Crippen LogP contribution is 2.42. The minimum absolute atomic E-state index is 0.173. The molecule has 4 unspecified atom stereocenters. The number of nitriles is 1. The average molecular weight is 292 g/mol. The molecule has 2 fully saturated rings. The van der Waals surface area contributed by atoms with Crippen LogP contribution in [-0.4, -0.2) is 34.7 Å². The quantitative estimate of drug-likeness (QED) is 0.803. The van der Waals surface area contributed by atoms with Crippen molar-refractivity contribution in [2.75, 3.05) is 13.1 Å². The molecule has 1 heterocycles. The lowest BCUT2D eigenvalue weighted by Crippen LogP contribution is -2.46. The number of nitrogens with zero attached hydrogens (tertiary/aromatic N) is 2. The van der Waals surface area contributed by atoms with Gasteiger partial charge in [-0.3, -0.25) is 4.90 Å². The van der Waals surface area contributed by atoms with E-state index in [9.17, 15) is 10.4 Å². The molecule has 2 aliphatic rings. The average Bonchev–Trinajstić information content (AvgIpc) is 2.58. The Labute approximate surface area is 130 Å². The van der Waals surface area contributed by atoms with Crippen LogP contribution in [0.15, 0.2) is 0 Å². The Morgan fingerprint density at radius 3 is 2.52 bits per heavy atom. The lowest BCUT2D eigenvalue weighted by molar-refractivity contribution is 0.0330. The normalized spacial score (nSPS) is 39.5. The largest absolute Gasteiger partial charge is 0.390 e.